The Labute approximate surface area is 101 Å². The SMILES string of the molecule is Cc1ccc(NC=O)c(C2(C)OCCCO2)c1. The molecular formula is C13H17NO3. The lowest BCUT2D eigenvalue weighted by molar-refractivity contribution is -0.264. The molecule has 1 amide bonds. The van der Waals surface area contributed by atoms with E-state index in [9.17, 15) is 4.79 Å². The van der Waals surface area contributed by atoms with Crippen molar-refractivity contribution < 1.29 is 14.3 Å². The molecule has 0 bridgehead atoms. The summed E-state index contributed by atoms with van der Waals surface area (Å²) < 4.78 is 11.4. The van der Waals surface area contributed by atoms with Gasteiger partial charge in [-0.25, -0.2) is 0 Å². The van der Waals surface area contributed by atoms with Gasteiger partial charge >= 0.3 is 0 Å². The molecule has 2 rings (SSSR count). The first-order valence-corrected chi connectivity index (χ1v) is 5.75. The van der Waals surface area contributed by atoms with Gasteiger partial charge in [0.15, 0.2) is 5.79 Å². The van der Waals surface area contributed by atoms with E-state index in [4.69, 9.17) is 9.47 Å². The minimum absolute atomic E-state index is 0.667. The molecule has 1 saturated heterocycles. The van der Waals surface area contributed by atoms with Gasteiger partial charge in [-0.2, -0.15) is 0 Å². The zero-order valence-corrected chi connectivity index (χ0v) is 10.2. The Bertz CT molecular complexity index is 411. The van der Waals surface area contributed by atoms with Crippen molar-refractivity contribution in [2.24, 2.45) is 0 Å². The minimum Gasteiger partial charge on any atom is -0.346 e. The van der Waals surface area contributed by atoms with Crippen molar-refractivity contribution in [3.05, 3.63) is 29.3 Å². The summed E-state index contributed by atoms with van der Waals surface area (Å²) in [6.45, 7) is 5.23. The zero-order chi connectivity index (χ0) is 12.3. The average molecular weight is 235 g/mol. The summed E-state index contributed by atoms with van der Waals surface area (Å²) in [5, 5.41) is 2.69. The van der Waals surface area contributed by atoms with Gasteiger partial charge in [-0.3, -0.25) is 4.79 Å². The summed E-state index contributed by atoms with van der Waals surface area (Å²) in [4.78, 5) is 10.6. The molecule has 1 N–H and O–H groups in total. The second-order valence-corrected chi connectivity index (χ2v) is 4.31. The monoisotopic (exact) mass is 235 g/mol. The fourth-order valence-electron chi connectivity index (χ4n) is 2.01. The predicted octanol–water partition coefficient (Wildman–Crippen LogP) is 2.17. The van der Waals surface area contributed by atoms with Gasteiger partial charge in [0.2, 0.25) is 6.41 Å². The minimum atomic E-state index is -0.768. The molecule has 0 atom stereocenters. The van der Waals surface area contributed by atoms with Gasteiger partial charge in [-0.05, 0) is 32.4 Å². The third-order valence-electron chi connectivity index (χ3n) is 2.92. The van der Waals surface area contributed by atoms with Crippen molar-refractivity contribution in [3.8, 4) is 0 Å². The summed E-state index contributed by atoms with van der Waals surface area (Å²) in [5.74, 6) is -0.768. The van der Waals surface area contributed by atoms with Crippen LogP contribution in [0.25, 0.3) is 0 Å². The van der Waals surface area contributed by atoms with Gasteiger partial charge < -0.3 is 14.8 Å². The molecule has 1 aliphatic rings. The molecule has 17 heavy (non-hydrogen) atoms. The normalized spacial score (nSPS) is 18.7. The second-order valence-electron chi connectivity index (χ2n) is 4.31. The number of hydrogen-bond donors (Lipinski definition) is 1. The van der Waals surface area contributed by atoms with E-state index in [-0.39, 0.29) is 0 Å². The van der Waals surface area contributed by atoms with Gasteiger partial charge in [0, 0.05) is 11.3 Å². The van der Waals surface area contributed by atoms with E-state index in [2.05, 4.69) is 5.32 Å². The maximum absolute atomic E-state index is 10.6. The quantitative estimate of drug-likeness (QED) is 0.817. The molecule has 1 fully saturated rings. The Morgan fingerprint density at radius 2 is 2.06 bits per heavy atom. The molecule has 92 valence electrons. The number of carbonyl (C=O) groups excluding carboxylic acids is 1. The molecule has 0 aromatic heterocycles. The van der Waals surface area contributed by atoms with E-state index in [0.29, 0.717) is 19.6 Å². The zero-order valence-electron chi connectivity index (χ0n) is 10.2. The molecule has 4 nitrogen and oxygen atoms in total. The van der Waals surface area contributed by atoms with Crippen LogP contribution in [0.15, 0.2) is 18.2 Å². The molecule has 4 heteroatoms. The highest BCUT2D eigenvalue weighted by Crippen LogP contribution is 2.35. The van der Waals surface area contributed by atoms with E-state index in [1.54, 1.807) is 0 Å². The van der Waals surface area contributed by atoms with Crippen molar-refractivity contribution in [2.75, 3.05) is 18.5 Å². The lowest BCUT2D eigenvalue weighted by Crippen LogP contribution is -2.35. The van der Waals surface area contributed by atoms with Gasteiger partial charge in [0.25, 0.3) is 0 Å². The Balaban J connectivity index is 2.40. The van der Waals surface area contributed by atoms with Crippen molar-refractivity contribution in [1.29, 1.82) is 0 Å². The molecule has 0 spiro atoms. The highest BCUT2D eigenvalue weighted by atomic mass is 16.7. The number of carbonyl (C=O) groups is 1. The van der Waals surface area contributed by atoms with Crippen LogP contribution < -0.4 is 5.32 Å². The molecule has 0 saturated carbocycles. The maximum atomic E-state index is 10.6. The van der Waals surface area contributed by atoms with E-state index in [0.717, 1.165) is 23.2 Å². The lowest BCUT2D eigenvalue weighted by atomic mass is 10.0. The number of rotatable bonds is 3. The van der Waals surface area contributed by atoms with Crippen LogP contribution in [0.3, 0.4) is 0 Å². The van der Waals surface area contributed by atoms with Crippen LogP contribution in [0.2, 0.25) is 0 Å². The smallest absolute Gasteiger partial charge is 0.211 e. The van der Waals surface area contributed by atoms with E-state index in [1.165, 1.54) is 0 Å². The van der Waals surface area contributed by atoms with E-state index >= 15 is 0 Å². The van der Waals surface area contributed by atoms with Gasteiger partial charge in [-0.15, -0.1) is 0 Å². The summed E-state index contributed by atoms with van der Waals surface area (Å²) in [6, 6.07) is 5.80. The fraction of sp³-hybridized carbons (Fsp3) is 0.462. The Kier molecular flexibility index (Phi) is 3.45. The standard InChI is InChI=1S/C13H17NO3/c1-10-4-5-12(14-9-15)11(8-10)13(2)16-6-3-7-17-13/h4-5,8-9H,3,6-7H2,1-2H3,(H,14,15). The number of amides is 1. The summed E-state index contributed by atoms with van der Waals surface area (Å²) >= 11 is 0. The topological polar surface area (TPSA) is 47.6 Å². The molecule has 1 aromatic rings. The first-order chi connectivity index (χ1) is 8.15. The molecule has 0 aliphatic carbocycles. The Morgan fingerprint density at radius 1 is 1.35 bits per heavy atom. The molecule has 1 heterocycles. The third-order valence-corrected chi connectivity index (χ3v) is 2.92. The van der Waals surface area contributed by atoms with Crippen LogP contribution >= 0.6 is 0 Å². The third kappa shape index (κ3) is 2.48. The highest BCUT2D eigenvalue weighted by Gasteiger charge is 2.33. The Morgan fingerprint density at radius 3 is 2.71 bits per heavy atom. The number of benzene rings is 1. The van der Waals surface area contributed by atoms with Crippen LogP contribution in [0.1, 0.15) is 24.5 Å². The lowest BCUT2D eigenvalue weighted by Gasteiger charge is -2.35. The van der Waals surface area contributed by atoms with Crippen LogP contribution in [0.4, 0.5) is 5.69 Å². The summed E-state index contributed by atoms with van der Waals surface area (Å²) in [7, 11) is 0. The number of aryl methyl sites for hydroxylation is 1. The van der Waals surface area contributed by atoms with Crippen LogP contribution in [-0.2, 0) is 20.1 Å². The number of anilines is 1. The number of nitrogens with one attached hydrogen (secondary N) is 1. The van der Waals surface area contributed by atoms with E-state index in [1.807, 2.05) is 32.0 Å². The average Bonchev–Trinajstić information content (AvgIpc) is 2.33. The van der Waals surface area contributed by atoms with E-state index < -0.39 is 5.79 Å². The first kappa shape index (κ1) is 12.1. The first-order valence-electron chi connectivity index (χ1n) is 5.75. The van der Waals surface area contributed by atoms with Crippen molar-refractivity contribution in [3.63, 3.8) is 0 Å². The second kappa shape index (κ2) is 4.85. The Hall–Kier alpha value is -1.39. The summed E-state index contributed by atoms with van der Waals surface area (Å²) in [6.07, 6.45) is 1.57. The molecule has 1 aromatic carbocycles. The largest absolute Gasteiger partial charge is 0.346 e. The van der Waals surface area contributed by atoms with Gasteiger partial charge in [0.1, 0.15) is 0 Å². The summed E-state index contributed by atoms with van der Waals surface area (Å²) in [5.41, 5.74) is 2.70. The maximum Gasteiger partial charge on any atom is 0.211 e. The molecule has 0 radical (unpaired) electrons. The van der Waals surface area contributed by atoms with Crippen LogP contribution in [0.5, 0.6) is 0 Å². The number of ether oxygens (including phenoxy) is 2. The van der Waals surface area contributed by atoms with Gasteiger partial charge in [0.05, 0.1) is 13.2 Å². The van der Waals surface area contributed by atoms with Gasteiger partial charge in [-0.1, -0.05) is 11.6 Å². The van der Waals surface area contributed by atoms with Crippen molar-refractivity contribution in [1.82, 2.24) is 0 Å². The predicted molar refractivity (Wildman–Crippen MR) is 64.7 cm³/mol. The highest BCUT2D eigenvalue weighted by molar-refractivity contribution is 5.74. The fourth-order valence-corrected chi connectivity index (χ4v) is 2.01. The molecule has 0 unspecified atom stereocenters. The van der Waals surface area contributed by atoms with Crippen LogP contribution in [-0.4, -0.2) is 19.6 Å². The van der Waals surface area contributed by atoms with Crippen LogP contribution in [0, 0.1) is 6.92 Å². The molecular weight excluding hydrogens is 218 g/mol. The number of hydrogen-bond acceptors (Lipinski definition) is 3. The van der Waals surface area contributed by atoms with Crippen molar-refractivity contribution in [2.45, 2.75) is 26.1 Å². The van der Waals surface area contributed by atoms with Crippen molar-refractivity contribution >= 4 is 12.1 Å². The molecule has 1 aliphatic heterocycles.